The predicted octanol–water partition coefficient (Wildman–Crippen LogP) is 10.5. The SMILES string of the molecule is C[Si](C)(C)OCCC[Si](C)(O[Si](C)(C)c1ccc([Si](C)(C)O[Si](C)(O[Si](C)(C)c2ccc([Si](C)(C)O[Si](C)(CCCO[Si](C)(C)C)c3ccccc3)cc2)c2ccccc2)cc1)c1ccccc1. The molecular formula is C53H86O6Si9. The normalized spacial score (nSPS) is 15.9. The molecule has 0 heterocycles. The topological polar surface area (TPSA) is 55.4 Å². The minimum Gasteiger partial charge on any atom is -0.449 e. The van der Waals surface area contributed by atoms with Crippen LogP contribution in [0.2, 0.25) is 123 Å². The first-order chi connectivity index (χ1) is 31.5. The molecule has 15 heteroatoms. The van der Waals surface area contributed by atoms with E-state index in [0.29, 0.717) is 0 Å². The number of hydrogen-bond donors (Lipinski definition) is 0. The molecule has 370 valence electrons. The molecule has 0 radical (unpaired) electrons. The van der Waals surface area contributed by atoms with Gasteiger partial charge in [0.1, 0.15) is 0 Å². The van der Waals surface area contributed by atoms with Crippen molar-refractivity contribution in [1.29, 1.82) is 0 Å². The minimum absolute atomic E-state index is 0.799. The molecule has 6 nitrogen and oxygen atoms in total. The molecule has 0 N–H and O–H groups in total. The van der Waals surface area contributed by atoms with Gasteiger partial charge in [0, 0.05) is 13.2 Å². The zero-order valence-corrected chi connectivity index (χ0v) is 54.0. The van der Waals surface area contributed by atoms with Crippen LogP contribution in [-0.4, -0.2) is 88.3 Å². The summed E-state index contributed by atoms with van der Waals surface area (Å²) in [5.74, 6) is 0. The van der Waals surface area contributed by atoms with Crippen LogP contribution in [0.15, 0.2) is 140 Å². The molecule has 68 heavy (non-hydrogen) atoms. The Kier molecular flexibility index (Phi) is 18.9. The summed E-state index contributed by atoms with van der Waals surface area (Å²) in [6, 6.07) is 53.4. The van der Waals surface area contributed by atoms with E-state index in [0.717, 1.165) is 38.1 Å². The van der Waals surface area contributed by atoms with Crippen LogP contribution < -0.4 is 36.3 Å². The molecule has 0 spiro atoms. The van der Waals surface area contributed by atoms with E-state index in [2.05, 4.69) is 251 Å². The Labute approximate surface area is 422 Å². The molecule has 0 saturated carbocycles. The van der Waals surface area contributed by atoms with Crippen LogP contribution >= 0.6 is 0 Å². The number of hydrogen-bond acceptors (Lipinski definition) is 6. The summed E-state index contributed by atoms with van der Waals surface area (Å²) in [6.45, 7) is 41.1. The van der Waals surface area contributed by atoms with Crippen molar-refractivity contribution in [1.82, 2.24) is 0 Å². The predicted molar refractivity (Wildman–Crippen MR) is 316 cm³/mol. The van der Waals surface area contributed by atoms with Crippen LogP contribution in [0.1, 0.15) is 12.8 Å². The molecule has 0 aliphatic heterocycles. The molecule has 0 saturated heterocycles. The van der Waals surface area contributed by atoms with E-state index in [9.17, 15) is 0 Å². The molecule has 0 amide bonds. The van der Waals surface area contributed by atoms with Crippen LogP contribution in [0.3, 0.4) is 0 Å². The van der Waals surface area contributed by atoms with E-state index in [1.165, 1.54) is 36.3 Å². The minimum atomic E-state index is -2.97. The smallest absolute Gasteiger partial charge is 0.349 e. The van der Waals surface area contributed by atoms with Gasteiger partial charge >= 0.3 is 8.56 Å². The first-order valence-corrected chi connectivity index (χ1v) is 50.9. The van der Waals surface area contributed by atoms with E-state index in [1.54, 1.807) is 0 Å². The van der Waals surface area contributed by atoms with E-state index in [4.69, 9.17) is 25.3 Å². The van der Waals surface area contributed by atoms with Crippen molar-refractivity contribution < 1.29 is 25.3 Å². The fourth-order valence-electron chi connectivity index (χ4n) is 9.43. The van der Waals surface area contributed by atoms with Crippen molar-refractivity contribution in [3.05, 3.63) is 140 Å². The summed E-state index contributed by atoms with van der Waals surface area (Å²) >= 11 is 0. The lowest BCUT2D eigenvalue weighted by molar-refractivity contribution is 0.308. The Morgan fingerprint density at radius 1 is 0.279 bits per heavy atom. The highest BCUT2D eigenvalue weighted by atomic mass is 28.5. The lowest BCUT2D eigenvalue weighted by Crippen LogP contribution is -2.66. The average molecular weight is 1070 g/mol. The van der Waals surface area contributed by atoms with E-state index < -0.39 is 75.1 Å². The maximum Gasteiger partial charge on any atom is 0.349 e. The highest BCUT2D eigenvalue weighted by Gasteiger charge is 2.47. The second-order valence-corrected chi connectivity index (χ2v) is 59.5. The van der Waals surface area contributed by atoms with Gasteiger partial charge in [-0.2, -0.15) is 0 Å². The maximum absolute atomic E-state index is 7.58. The van der Waals surface area contributed by atoms with Crippen molar-refractivity contribution >= 4 is 111 Å². The van der Waals surface area contributed by atoms with Crippen LogP contribution in [-0.2, 0) is 25.3 Å². The van der Waals surface area contributed by atoms with Crippen LogP contribution in [0.5, 0.6) is 0 Å². The number of rotatable bonds is 25. The largest absolute Gasteiger partial charge is 0.449 e. The van der Waals surface area contributed by atoms with Gasteiger partial charge in [0.05, 0.1) is 0 Å². The fraction of sp³-hybridized carbons (Fsp3) is 0.434. The van der Waals surface area contributed by atoms with Gasteiger partial charge in [-0.05, 0) is 173 Å². The summed E-state index contributed by atoms with van der Waals surface area (Å²) in [4.78, 5) is 0. The van der Waals surface area contributed by atoms with Crippen LogP contribution in [0, 0.1) is 0 Å². The molecule has 2 unspecified atom stereocenters. The third kappa shape index (κ3) is 15.9. The zero-order valence-electron chi connectivity index (χ0n) is 45.0. The molecule has 5 aromatic rings. The summed E-state index contributed by atoms with van der Waals surface area (Å²) < 4.78 is 42.7. The van der Waals surface area contributed by atoms with Crippen molar-refractivity contribution in [2.45, 2.75) is 136 Å². The zero-order chi connectivity index (χ0) is 50.3. The molecule has 2 atom stereocenters. The number of benzene rings is 5. The quantitative estimate of drug-likeness (QED) is 0.0429. The molecule has 0 aromatic heterocycles. The Balaban J connectivity index is 1.35. The second-order valence-electron chi connectivity index (χ2n) is 23.2. The molecule has 5 rings (SSSR count). The first kappa shape index (κ1) is 56.7. The maximum atomic E-state index is 7.58. The molecule has 0 aliphatic rings. The van der Waals surface area contributed by atoms with Crippen molar-refractivity contribution in [2.24, 2.45) is 0 Å². The first-order valence-electron chi connectivity index (χ1n) is 25.0. The van der Waals surface area contributed by atoms with E-state index in [-0.39, 0.29) is 0 Å². The molecule has 0 fully saturated rings. The third-order valence-electron chi connectivity index (χ3n) is 13.1. The van der Waals surface area contributed by atoms with Gasteiger partial charge in [0.2, 0.25) is 49.9 Å². The van der Waals surface area contributed by atoms with Gasteiger partial charge in [-0.3, -0.25) is 0 Å². The lowest BCUT2D eigenvalue weighted by atomic mass is 10.4. The Hall–Kier alpha value is -2.19. The highest BCUT2D eigenvalue weighted by Crippen LogP contribution is 2.26. The Morgan fingerprint density at radius 3 is 0.794 bits per heavy atom. The molecular weight excluding hydrogens is 985 g/mol. The van der Waals surface area contributed by atoms with Gasteiger partial charge in [-0.15, -0.1) is 0 Å². The average Bonchev–Trinajstić information content (AvgIpc) is 3.26. The summed E-state index contributed by atoms with van der Waals surface area (Å²) in [7, 11) is -20.3. The van der Waals surface area contributed by atoms with Crippen LogP contribution in [0.4, 0.5) is 0 Å². The molecule has 5 aromatic carbocycles. The van der Waals surface area contributed by atoms with E-state index in [1.807, 2.05) is 0 Å². The van der Waals surface area contributed by atoms with E-state index >= 15 is 0 Å². The highest BCUT2D eigenvalue weighted by molar-refractivity contribution is 7.01. The van der Waals surface area contributed by atoms with Crippen molar-refractivity contribution in [3.8, 4) is 0 Å². The van der Waals surface area contributed by atoms with Crippen molar-refractivity contribution in [3.63, 3.8) is 0 Å². The van der Waals surface area contributed by atoms with Crippen LogP contribution in [0.25, 0.3) is 0 Å². The third-order valence-corrected chi connectivity index (χ3v) is 44.2. The summed E-state index contributed by atoms with van der Waals surface area (Å²) in [5.41, 5.74) is 0. The monoisotopic (exact) mass is 1070 g/mol. The molecule has 0 bridgehead atoms. The standard InChI is InChI=1S/C53H86O6Si9/c1-60(2,3)54-43-27-45-66(15,51-29-21-18-22-30-51)56-62(7,8)47-35-39-49(40-36-47)64(11,12)58-68(17,53-33-25-20-26-34-53)59-65(13,14)50-41-37-48(38-42-50)63(9,10)57-67(16,52-31-23-19-24-32-52)46-28-44-55-61(4,5)6/h18-26,29-42H,27-28,43-46H2,1-17H3. The molecule has 0 aliphatic carbocycles. The lowest BCUT2D eigenvalue weighted by Gasteiger charge is -2.41. The van der Waals surface area contributed by atoms with Gasteiger partial charge in [0.15, 0.2) is 16.6 Å². The van der Waals surface area contributed by atoms with Crippen molar-refractivity contribution in [2.75, 3.05) is 13.2 Å². The Morgan fingerprint density at radius 2 is 0.529 bits per heavy atom. The van der Waals surface area contributed by atoms with Gasteiger partial charge in [-0.1, -0.05) is 140 Å². The van der Waals surface area contributed by atoms with Gasteiger partial charge in [-0.25, -0.2) is 0 Å². The van der Waals surface area contributed by atoms with Gasteiger partial charge in [0.25, 0.3) is 0 Å². The second kappa shape index (κ2) is 22.7. The summed E-state index contributed by atoms with van der Waals surface area (Å²) in [5, 5.41) is 9.04. The summed E-state index contributed by atoms with van der Waals surface area (Å²) in [6.07, 6.45) is 2.03. The Bertz CT molecular complexity index is 2180. The van der Waals surface area contributed by atoms with Gasteiger partial charge < -0.3 is 25.3 Å². The fourth-order valence-corrected chi connectivity index (χ4v) is 41.6.